The van der Waals surface area contributed by atoms with Crippen LogP contribution in [0.25, 0.3) is 0 Å². The lowest BCUT2D eigenvalue weighted by molar-refractivity contribution is -0.125. The van der Waals surface area contributed by atoms with Gasteiger partial charge in [-0.2, -0.15) is 0 Å². The zero-order valence-corrected chi connectivity index (χ0v) is 16.4. The molecule has 1 fully saturated rings. The minimum absolute atomic E-state index is 0.0334. The van der Waals surface area contributed by atoms with Gasteiger partial charge in [-0.1, -0.05) is 11.6 Å². The molecule has 6 nitrogen and oxygen atoms in total. The quantitative estimate of drug-likeness (QED) is 0.750. The van der Waals surface area contributed by atoms with Crippen LogP contribution in [-0.2, 0) is 11.2 Å². The first kappa shape index (κ1) is 19.4. The molecule has 1 aromatic rings. The van der Waals surface area contributed by atoms with E-state index in [-0.39, 0.29) is 23.9 Å². The predicted octanol–water partition coefficient (Wildman–Crippen LogP) is 1.90. The second-order valence-electron chi connectivity index (χ2n) is 7.47. The number of carbonyl (C=O) groups excluding carboxylic acids is 2. The Labute approximate surface area is 161 Å². The van der Waals surface area contributed by atoms with Gasteiger partial charge in [-0.05, 0) is 51.0 Å². The molecule has 0 aromatic heterocycles. The summed E-state index contributed by atoms with van der Waals surface area (Å²) in [5.41, 5.74) is 2.95. The number of fused-ring (bicyclic) bond motifs is 1. The van der Waals surface area contributed by atoms with Gasteiger partial charge in [-0.15, -0.1) is 0 Å². The average Bonchev–Trinajstić information content (AvgIpc) is 3.25. The number of likely N-dealkylation sites (N-methyl/N-ethyl adjacent to an activating group) is 1. The molecule has 0 unspecified atom stereocenters. The lowest BCUT2D eigenvalue weighted by Crippen LogP contribution is -2.43. The molecule has 6 heteroatoms. The Bertz CT molecular complexity index is 740. The molecule has 2 aliphatic heterocycles. The molecule has 0 spiro atoms. The Morgan fingerprint density at radius 2 is 2.15 bits per heavy atom. The fourth-order valence-corrected chi connectivity index (χ4v) is 3.67. The largest absolute Gasteiger partial charge is 0.493 e. The van der Waals surface area contributed by atoms with Crippen LogP contribution < -0.4 is 15.4 Å². The van der Waals surface area contributed by atoms with Crippen LogP contribution >= 0.6 is 0 Å². The molecule has 0 radical (unpaired) electrons. The Balaban J connectivity index is 1.66. The van der Waals surface area contributed by atoms with E-state index in [1.807, 2.05) is 32.9 Å². The van der Waals surface area contributed by atoms with Crippen LogP contribution in [0.15, 0.2) is 29.8 Å². The molecule has 2 amide bonds. The molecule has 1 saturated heterocycles. The summed E-state index contributed by atoms with van der Waals surface area (Å²) in [6.45, 7) is 8.70. The molecule has 1 aromatic carbocycles. The summed E-state index contributed by atoms with van der Waals surface area (Å²) in [4.78, 5) is 27.3. The molecule has 2 N–H and O–H groups in total. The number of allylic oxidation sites excluding steroid dienone is 1. The number of amides is 2. The lowest BCUT2D eigenvalue weighted by Gasteiger charge is -2.21. The highest BCUT2D eigenvalue weighted by Gasteiger charge is 2.36. The molecular formula is C21H29N3O3. The van der Waals surface area contributed by atoms with Crippen molar-refractivity contribution in [2.45, 2.75) is 45.7 Å². The first-order valence-corrected chi connectivity index (χ1v) is 9.69. The molecule has 0 aliphatic carbocycles. The van der Waals surface area contributed by atoms with Crippen molar-refractivity contribution in [1.29, 1.82) is 0 Å². The summed E-state index contributed by atoms with van der Waals surface area (Å²) >= 11 is 0. The average molecular weight is 371 g/mol. The summed E-state index contributed by atoms with van der Waals surface area (Å²) in [5, 5.41) is 6.02. The van der Waals surface area contributed by atoms with Crippen LogP contribution in [0.4, 0.5) is 0 Å². The van der Waals surface area contributed by atoms with Crippen LogP contribution in [0.5, 0.6) is 5.75 Å². The zero-order chi connectivity index (χ0) is 19.4. The SMILES string of the molecule is CCNC(=O)[C@@H]1C[C@H](NC(=O)c2ccc3c(c2)CCO3)CN1CC=C(C)C. The second kappa shape index (κ2) is 8.57. The van der Waals surface area contributed by atoms with Gasteiger partial charge in [-0.3, -0.25) is 14.5 Å². The maximum Gasteiger partial charge on any atom is 0.251 e. The van der Waals surface area contributed by atoms with Crippen molar-refractivity contribution in [3.63, 3.8) is 0 Å². The number of ether oxygens (including phenoxy) is 1. The number of hydrogen-bond acceptors (Lipinski definition) is 4. The van der Waals surface area contributed by atoms with Gasteiger partial charge < -0.3 is 15.4 Å². The van der Waals surface area contributed by atoms with Gasteiger partial charge in [-0.25, -0.2) is 0 Å². The fraction of sp³-hybridized carbons (Fsp3) is 0.524. The van der Waals surface area contributed by atoms with Crippen molar-refractivity contribution in [2.24, 2.45) is 0 Å². The highest BCUT2D eigenvalue weighted by molar-refractivity contribution is 5.95. The Hall–Kier alpha value is -2.34. The normalized spacial score (nSPS) is 21.3. The Kier molecular flexibility index (Phi) is 6.16. The summed E-state index contributed by atoms with van der Waals surface area (Å²) in [6, 6.07) is 5.33. The van der Waals surface area contributed by atoms with Gasteiger partial charge in [0.05, 0.1) is 12.6 Å². The molecule has 2 atom stereocenters. The van der Waals surface area contributed by atoms with E-state index in [0.29, 0.717) is 38.2 Å². The van der Waals surface area contributed by atoms with Crippen LogP contribution in [0.2, 0.25) is 0 Å². The number of rotatable bonds is 6. The maximum atomic E-state index is 12.7. The highest BCUT2D eigenvalue weighted by Crippen LogP contribution is 2.26. The number of benzene rings is 1. The molecule has 0 saturated carbocycles. The van der Waals surface area contributed by atoms with E-state index in [9.17, 15) is 9.59 Å². The lowest BCUT2D eigenvalue weighted by atomic mass is 10.1. The van der Waals surface area contributed by atoms with E-state index in [0.717, 1.165) is 17.7 Å². The predicted molar refractivity (Wildman–Crippen MR) is 105 cm³/mol. The van der Waals surface area contributed by atoms with E-state index < -0.39 is 0 Å². The molecular weight excluding hydrogens is 342 g/mol. The molecule has 3 rings (SSSR count). The van der Waals surface area contributed by atoms with E-state index in [1.165, 1.54) is 5.57 Å². The zero-order valence-electron chi connectivity index (χ0n) is 16.4. The summed E-state index contributed by atoms with van der Waals surface area (Å²) in [7, 11) is 0. The molecule has 0 bridgehead atoms. The third-order valence-electron chi connectivity index (χ3n) is 5.08. The molecule has 146 valence electrons. The van der Waals surface area contributed by atoms with Crippen LogP contribution in [0, 0.1) is 0 Å². The fourth-order valence-electron chi connectivity index (χ4n) is 3.67. The van der Waals surface area contributed by atoms with Crippen molar-refractivity contribution in [1.82, 2.24) is 15.5 Å². The molecule has 2 aliphatic rings. The van der Waals surface area contributed by atoms with Crippen LogP contribution in [-0.4, -0.2) is 55.0 Å². The van der Waals surface area contributed by atoms with Crippen LogP contribution in [0.3, 0.4) is 0 Å². The van der Waals surface area contributed by atoms with Crippen molar-refractivity contribution in [3.8, 4) is 5.75 Å². The van der Waals surface area contributed by atoms with Crippen molar-refractivity contribution in [3.05, 3.63) is 41.0 Å². The van der Waals surface area contributed by atoms with E-state index in [2.05, 4.69) is 21.6 Å². The third-order valence-corrected chi connectivity index (χ3v) is 5.08. The van der Waals surface area contributed by atoms with Crippen molar-refractivity contribution < 1.29 is 14.3 Å². The number of carbonyl (C=O) groups is 2. The monoisotopic (exact) mass is 371 g/mol. The smallest absolute Gasteiger partial charge is 0.251 e. The van der Waals surface area contributed by atoms with E-state index in [4.69, 9.17) is 4.74 Å². The van der Waals surface area contributed by atoms with Gasteiger partial charge in [0.25, 0.3) is 5.91 Å². The minimum Gasteiger partial charge on any atom is -0.493 e. The molecule has 27 heavy (non-hydrogen) atoms. The second-order valence-corrected chi connectivity index (χ2v) is 7.47. The summed E-state index contributed by atoms with van der Waals surface area (Å²) < 4.78 is 5.50. The van der Waals surface area contributed by atoms with Gasteiger partial charge in [0, 0.05) is 37.7 Å². The van der Waals surface area contributed by atoms with Gasteiger partial charge in [0.15, 0.2) is 0 Å². The number of likely N-dealkylation sites (tertiary alicyclic amines) is 1. The Morgan fingerprint density at radius 3 is 2.89 bits per heavy atom. The number of nitrogens with one attached hydrogen (secondary N) is 2. The maximum absolute atomic E-state index is 12.7. The first-order chi connectivity index (χ1) is 13.0. The van der Waals surface area contributed by atoms with Gasteiger partial charge in [0.2, 0.25) is 5.91 Å². The highest BCUT2D eigenvalue weighted by atomic mass is 16.5. The topological polar surface area (TPSA) is 70.7 Å². The van der Waals surface area contributed by atoms with Crippen LogP contribution in [0.1, 0.15) is 43.1 Å². The first-order valence-electron chi connectivity index (χ1n) is 9.69. The van der Waals surface area contributed by atoms with E-state index in [1.54, 1.807) is 6.07 Å². The minimum atomic E-state index is -0.209. The summed E-state index contributed by atoms with van der Waals surface area (Å²) in [6.07, 6.45) is 3.59. The van der Waals surface area contributed by atoms with E-state index >= 15 is 0 Å². The van der Waals surface area contributed by atoms with Gasteiger partial charge >= 0.3 is 0 Å². The number of nitrogens with zero attached hydrogens (tertiary/aromatic N) is 1. The Morgan fingerprint density at radius 1 is 1.33 bits per heavy atom. The van der Waals surface area contributed by atoms with Gasteiger partial charge in [0.1, 0.15) is 5.75 Å². The van der Waals surface area contributed by atoms with Crippen molar-refractivity contribution >= 4 is 11.8 Å². The summed E-state index contributed by atoms with van der Waals surface area (Å²) in [5.74, 6) is 0.816. The third kappa shape index (κ3) is 4.69. The number of hydrogen-bond donors (Lipinski definition) is 2. The van der Waals surface area contributed by atoms with Crippen molar-refractivity contribution in [2.75, 3.05) is 26.2 Å². The standard InChI is InChI=1S/C21H29N3O3/c1-4-22-21(26)18-12-17(13-24(18)9-7-14(2)3)23-20(25)16-5-6-19-15(11-16)8-10-27-19/h5-7,11,17-18H,4,8-10,12-13H2,1-3H3,(H,22,26)(H,23,25)/t17-,18-/m0/s1. The molecule has 2 heterocycles.